The van der Waals surface area contributed by atoms with Crippen LogP contribution in [0.5, 0.6) is 0 Å². The van der Waals surface area contributed by atoms with E-state index in [2.05, 4.69) is 5.32 Å². The molecular weight excluding hydrogens is 278 g/mol. The molecule has 0 atom stereocenters. The number of nitrogens with two attached hydrogens (primary N) is 1. The maximum atomic E-state index is 12.1. The summed E-state index contributed by atoms with van der Waals surface area (Å²) in [6.07, 6.45) is 1.49. The number of carbonyl (C=O) groups excluding carboxylic acids is 2. The molecule has 20 heavy (non-hydrogen) atoms. The second kappa shape index (κ2) is 6.72. The Morgan fingerprint density at radius 2 is 1.85 bits per heavy atom. The van der Waals surface area contributed by atoms with Crippen LogP contribution in [-0.4, -0.2) is 36.3 Å². The lowest BCUT2D eigenvalue weighted by Gasteiger charge is -2.30. The topological polar surface area (TPSA) is 75.4 Å². The molecule has 1 aliphatic heterocycles. The van der Waals surface area contributed by atoms with E-state index in [1.807, 2.05) is 4.90 Å². The SMILES string of the molecule is NC(=O)CN1CCC(C(=O)Nc2ccc(Cl)cc2)CC1. The molecule has 0 unspecified atom stereocenters. The zero-order valence-corrected chi connectivity index (χ0v) is 11.9. The molecule has 1 aliphatic rings. The Morgan fingerprint density at radius 3 is 2.40 bits per heavy atom. The van der Waals surface area contributed by atoms with Gasteiger partial charge >= 0.3 is 0 Å². The van der Waals surface area contributed by atoms with Crippen LogP contribution in [0.25, 0.3) is 0 Å². The van der Waals surface area contributed by atoms with Crippen LogP contribution in [0.4, 0.5) is 5.69 Å². The maximum absolute atomic E-state index is 12.1. The predicted molar refractivity (Wildman–Crippen MR) is 78.4 cm³/mol. The molecule has 1 saturated heterocycles. The van der Waals surface area contributed by atoms with Crippen LogP contribution in [0, 0.1) is 5.92 Å². The van der Waals surface area contributed by atoms with Crippen molar-refractivity contribution >= 4 is 29.1 Å². The van der Waals surface area contributed by atoms with Gasteiger partial charge in [-0.1, -0.05) is 11.6 Å². The van der Waals surface area contributed by atoms with Crippen LogP contribution in [-0.2, 0) is 9.59 Å². The first-order valence-corrected chi connectivity index (χ1v) is 6.99. The number of rotatable bonds is 4. The summed E-state index contributed by atoms with van der Waals surface area (Å²) in [7, 11) is 0. The Balaban J connectivity index is 1.82. The van der Waals surface area contributed by atoms with Crippen LogP contribution in [0.1, 0.15) is 12.8 Å². The van der Waals surface area contributed by atoms with E-state index in [0.29, 0.717) is 5.02 Å². The average Bonchev–Trinajstić information content (AvgIpc) is 2.41. The fraction of sp³-hybridized carbons (Fsp3) is 0.429. The van der Waals surface area contributed by atoms with E-state index in [-0.39, 0.29) is 24.3 Å². The molecule has 1 aromatic rings. The number of amides is 2. The van der Waals surface area contributed by atoms with Gasteiger partial charge in [-0.25, -0.2) is 0 Å². The van der Waals surface area contributed by atoms with Gasteiger partial charge in [0, 0.05) is 16.6 Å². The van der Waals surface area contributed by atoms with Crippen molar-refractivity contribution in [3.63, 3.8) is 0 Å². The Bertz CT molecular complexity index is 482. The van der Waals surface area contributed by atoms with E-state index in [0.717, 1.165) is 31.6 Å². The number of likely N-dealkylation sites (tertiary alicyclic amines) is 1. The molecule has 0 aromatic heterocycles. The highest BCUT2D eigenvalue weighted by Gasteiger charge is 2.25. The molecule has 1 heterocycles. The van der Waals surface area contributed by atoms with Gasteiger partial charge in [-0.2, -0.15) is 0 Å². The molecule has 6 heteroatoms. The summed E-state index contributed by atoms with van der Waals surface area (Å²) in [6, 6.07) is 7.05. The molecule has 1 fully saturated rings. The van der Waals surface area contributed by atoms with Gasteiger partial charge in [-0.05, 0) is 50.2 Å². The van der Waals surface area contributed by atoms with Crippen LogP contribution >= 0.6 is 11.6 Å². The minimum Gasteiger partial charge on any atom is -0.369 e. The predicted octanol–water partition coefficient (Wildman–Crippen LogP) is 1.48. The number of hydrogen-bond acceptors (Lipinski definition) is 3. The molecule has 2 amide bonds. The number of halogens is 1. The quantitative estimate of drug-likeness (QED) is 0.883. The highest BCUT2D eigenvalue weighted by molar-refractivity contribution is 6.30. The summed E-state index contributed by atoms with van der Waals surface area (Å²) in [5.74, 6) is -0.324. The molecule has 0 spiro atoms. The van der Waals surface area contributed by atoms with E-state index < -0.39 is 0 Å². The summed E-state index contributed by atoms with van der Waals surface area (Å²) in [5.41, 5.74) is 5.91. The zero-order chi connectivity index (χ0) is 14.5. The van der Waals surface area contributed by atoms with Crippen molar-refractivity contribution in [1.82, 2.24) is 4.90 Å². The Labute approximate surface area is 123 Å². The number of nitrogens with one attached hydrogen (secondary N) is 1. The van der Waals surface area contributed by atoms with Crippen molar-refractivity contribution in [3.05, 3.63) is 29.3 Å². The molecule has 0 bridgehead atoms. The van der Waals surface area contributed by atoms with E-state index in [4.69, 9.17) is 17.3 Å². The number of anilines is 1. The fourth-order valence-corrected chi connectivity index (χ4v) is 2.48. The van der Waals surface area contributed by atoms with E-state index in [1.54, 1.807) is 24.3 Å². The molecule has 0 aliphatic carbocycles. The van der Waals surface area contributed by atoms with Crippen molar-refractivity contribution in [2.24, 2.45) is 11.7 Å². The Kier molecular flexibility index (Phi) is 4.98. The molecule has 108 valence electrons. The number of primary amides is 1. The lowest BCUT2D eigenvalue weighted by Crippen LogP contribution is -2.42. The second-order valence-electron chi connectivity index (χ2n) is 5.01. The summed E-state index contributed by atoms with van der Waals surface area (Å²) in [4.78, 5) is 24.9. The summed E-state index contributed by atoms with van der Waals surface area (Å²) >= 11 is 5.80. The Hall–Kier alpha value is -1.59. The summed E-state index contributed by atoms with van der Waals surface area (Å²) in [6.45, 7) is 1.72. The van der Waals surface area contributed by atoms with Crippen molar-refractivity contribution < 1.29 is 9.59 Å². The fourth-order valence-electron chi connectivity index (χ4n) is 2.35. The largest absolute Gasteiger partial charge is 0.369 e. The van der Waals surface area contributed by atoms with Gasteiger partial charge in [0.1, 0.15) is 0 Å². The zero-order valence-electron chi connectivity index (χ0n) is 11.1. The molecule has 5 nitrogen and oxygen atoms in total. The van der Waals surface area contributed by atoms with Gasteiger partial charge in [0.2, 0.25) is 11.8 Å². The van der Waals surface area contributed by atoms with Gasteiger partial charge in [-0.3, -0.25) is 14.5 Å². The third-order valence-electron chi connectivity index (χ3n) is 3.45. The van der Waals surface area contributed by atoms with Gasteiger partial charge in [0.05, 0.1) is 6.54 Å². The van der Waals surface area contributed by atoms with E-state index in [1.165, 1.54) is 0 Å². The third-order valence-corrected chi connectivity index (χ3v) is 3.70. The van der Waals surface area contributed by atoms with Crippen molar-refractivity contribution in [1.29, 1.82) is 0 Å². The monoisotopic (exact) mass is 295 g/mol. The third kappa shape index (κ3) is 4.21. The summed E-state index contributed by atoms with van der Waals surface area (Å²) in [5, 5.41) is 3.53. The first-order valence-electron chi connectivity index (χ1n) is 6.61. The number of nitrogens with zero attached hydrogens (tertiary/aromatic N) is 1. The van der Waals surface area contributed by atoms with Gasteiger partial charge in [0.15, 0.2) is 0 Å². The molecule has 0 saturated carbocycles. The number of benzene rings is 1. The molecule has 1 aromatic carbocycles. The van der Waals surface area contributed by atoms with Gasteiger partial charge in [-0.15, -0.1) is 0 Å². The lowest BCUT2D eigenvalue weighted by atomic mass is 9.96. The van der Waals surface area contributed by atoms with Crippen molar-refractivity contribution in [2.75, 3.05) is 25.0 Å². The van der Waals surface area contributed by atoms with Crippen molar-refractivity contribution in [2.45, 2.75) is 12.8 Å². The van der Waals surface area contributed by atoms with E-state index >= 15 is 0 Å². The standard InChI is InChI=1S/C14H18ClN3O2/c15-11-1-3-12(4-2-11)17-14(20)10-5-7-18(8-6-10)9-13(16)19/h1-4,10H,5-9H2,(H2,16,19)(H,17,20). The first-order chi connectivity index (χ1) is 9.54. The number of hydrogen-bond donors (Lipinski definition) is 2. The summed E-state index contributed by atoms with van der Waals surface area (Å²) < 4.78 is 0. The molecule has 0 radical (unpaired) electrons. The Morgan fingerprint density at radius 1 is 1.25 bits per heavy atom. The van der Waals surface area contributed by atoms with Gasteiger partial charge < -0.3 is 11.1 Å². The second-order valence-corrected chi connectivity index (χ2v) is 5.45. The van der Waals surface area contributed by atoms with Gasteiger partial charge in [0.25, 0.3) is 0 Å². The van der Waals surface area contributed by atoms with E-state index in [9.17, 15) is 9.59 Å². The van der Waals surface area contributed by atoms with Crippen LogP contribution in [0.3, 0.4) is 0 Å². The minimum absolute atomic E-state index is 0.0187. The number of carbonyl (C=O) groups is 2. The molecule has 2 rings (SSSR count). The highest BCUT2D eigenvalue weighted by atomic mass is 35.5. The number of piperidine rings is 1. The normalized spacial score (nSPS) is 16.9. The smallest absolute Gasteiger partial charge is 0.231 e. The van der Waals surface area contributed by atoms with Crippen molar-refractivity contribution in [3.8, 4) is 0 Å². The highest BCUT2D eigenvalue weighted by Crippen LogP contribution is 2.20. The average molecular weight is 296 g/mol. The van der Waals surface area contributed by atoms with Crippen LogP contribution < -0.4 is 11.1 Å². The lowest BCUT2D eigenvalue weighted by molar-refractivity contribution is -0.122. The molecule has 3 N–H and O–H groups in total. The minimum atomic E-state index is -0.325. The maximum Gasteiger partial charge on any atom is 0.231 e. The molecular formula is C14H18ClN3O2. The van der Waals surface area contributed by atoms with Crippen LogP contribution in [0.2, 0.25) is 5.02 Å². The van der Waals surface area contributed by atoms with Crippen LogP contribution in [0.15, 0.2) is 24.3 Å². The first kappa shape index (κ1) is 14.8.